The Labute approximate surface area is 167 Å². The smallest absolute Gasteiger partial charge is 0.240 e. The SMILES string of the molecule is COc1ccc(C(=O)CC2S/C(=N/N=C/C=C/c3ccccc3)NC2=O)cc1. The van der Waals surface area contributed by atoms with Gasteiger partial charge < -0.3 is 10.1 Å². The Morgan fingerprint density at radius 2 is 1.93 bits per heavy atom. The number of amides is 1. The molecular weight excluding hydrogens is 374 g/mol. The Bertz CT molecular complexity index is 922. The van der Waals surface area contributed by atoms with Gasteiger partial charge in [-0.2, -0.15) is 5.10 Å². The van der Waals surface area contributed by atoms with Crippen LogP contribution in [0.2, 0.25) is 0 Å². The van der Waals surface area contributed by atoms with Crippen molar-refractivity contribution in [3.05, 3.63) is 71.8 Å². The highest BCUT2D eigenvalue weighted by molar-refractivity contribution is 8.15. The third-order valence-corrected chi connectivity index (χ3v) is 5.02. The lowest BCUT2D eigenvalue weighted by molar-refractivity contribution is -0.118. The van der Waals surface area contributed by atoms with Crippen LogP contribution in [0.4, 0.5) is 0 Å². The molecule has 1 amide bonds. The molecule has 1 fully saturated rings. The van der Waals surface area contributed by atoms with Crippen LogP contribution in [0.15, 0.2) is 70.9 Å². The molecule has 0 bridgehead atoms. The van der Waals surface area contributed by atoms with Gasteiger partial charge in [-0.25, -0.2) is 0 Å². The summed E-state index contributed by atoms with van der Waals surface area (Å²) in [4.78, 5) is 24.4. The van der Waals surface area contributed by atoms with E-state index in [0.29, 0.717) is 16.5 Å². The highest BCUT2D eigenvalue weighted by Gasteiger charge is 2.32. The molecule has 1 heterocycles. The molecule has 2 aromatic rings. The topological polar surface area (TPSA) is 80.1 Å². The maximum atomic E-state index is 12.4. The van der Waals surface area contributed by atoms with E-state index in [1.165, 1.54) is 11.8 Å². The van der Waals surface area contributed by atoms with Crippen LogP contribution in [0.25, 0.3) is 6.08 Å². The lowest BCUT2D eigenvalue weighted by atomic mass is 10.1. The Balaban J connectivity index is 1.53. The zero-order chi connectivity index (χ0) is 19.8. The van der Waals surface area contributed by atoms with E-state index in [4.69, 9.17) is 4.74 Å². The second-order valence-corrected chi connectivity index (χ2v) is 7.08. The molecule has 0 radical (unpaired) electrons. The molecule has 1 N–H and O–H groups in total. The zero-order valence-corrected chi connectivity index (χ0v) is 16.1. The van der Waals surface area contributed by atoms with Crippen molar-refractivity contribution in [2.24, 2.45) is 10.2 Å². The first-order valence-electron chi connectivity index (χ1n) is 8.63. The molecule has 1 saturated heterocycles. The first-order valence-corrected chi connectivity index (χ1v) is 9.51. The third-order valence-electron chi connectivity index (χ3n) is 3.95. The van der Waals surface area contributed by atoms with Gasteiger partial charge in [0.2, 0.25) is 5.91 Å². The Morgan fingerprint density at radius 3 is 2.64 bits per heavy atom. The fraction of sp³-hybridized carbons (Fsp3) is 0.143. The highest BCUT2D eigenvalue weighted by Crippen LogP contribution is 2.24. The number of ketones is 1. The third kappa shape index (κ3) is 5.40. The second-order valence-electron chi connectivity index (χ2n) is 5.89. The molecule has 1 aliphatic heterocycles. The van der Waals surface area contributed by atoms with Gasteiger partial charge in [0.15, 0.2) is 11.0 Å². The minimum atomic E-state index is -0.511. The van der Waals surface area contributed by atoms with Gasteiger partial charge in [-0.3, -0.25) is 9.59 Å². The van der Waals surface area contributed by atoms with Gasteiger partial charge in [0.1, 0.15) is 5.75 Å². The number of ether oxygens (including phenoxy) is 1. The van der Waals surface area contributed by atoms with E-state index in [9.17, 15) is 9.59 Å². The number of thioether (sulfide) groups is 1. The Kier molecular flexibility index (Phi) is 6.75. The first kappa shape index (κ1) is 19.6. The zero-order valence-electron chi connectivity index (χ0n) is 15.2. The standard InChI is InChI=1S/C21H19N3O3S/c1-27-17-11-9-16(10-12-17)18(25)14-19-20(26)23-21(28-19)24-22-13-5-8-15-6-3-2-4-7-15/h2-13,19H,14H2,1H3,(H,23,24,26)/b8-5+,22-13+. The van der Waals surface area contributed by atoms with Gasteiger partial charge >= 0.3 is 0 Å². The number of allylic oxidation sites excluding steroid dienone is 1. The van der Waals surface area contributed by atoms with Gasteiger partial charge in [-0.05, 0) is 35.9 Å². The largest absolute Gasteiger partial charge is 0.497 e. The minimum Gasteiger partial charge on any atom is -0.497 e. The van der Waals surface area contributed by atoms with Crippen LogP contribution in [-0.4, -0.2) is 35.4 Å². The van der Waals surface area contributed by atoms with Gasteiger partial charge in [-0.1, -0.05) is 48.2 Å². The molecule has 3 rings (SSSR count). The van der Waals surface area contributed by atoms with Crippen LogP contribution < -0.4 is 10.1 Å². The van der Waals surface area contributed by atoms with Gasteiger partial charge in [0.25, 0.3) is 0 Å². The molecule has 1 unspecified atom stereocenters. The van der Waals surface area contributed by atoms with E-state index in [1.807, 2.05) is 36.4 Å². The molecular formula is C21H19N3O3S. The summed E-state index contributed by atoms with van der Waals surface area (Å²) in [7, 11) is 1.57. The Hall–Kier alpha value is -3.19. The molecule has 1 atom stereocenters. The predicted octanol–water partition coefficient (Wildman–Crippen LogP) is 3.55. The van der Waals surface area contributed by atoms with Crippen LogP contribution in [0, 0.1) is 0 Å². The number of nitrogens with zero attached hydrogens (tertiary/aromatic N) is 2. The number of methoxy groups -OCH3 is 1. The van der Waals surface area contributed by atoms with Crippen molar-refractivity contribution in [3.63, 3.8) is 0 Å². The van der Waals surface area contributed by atoms with Crippen molar-refractivity contribution in [2.45, 2.75) is 11.7 Å². The van der Waals surface area contributed by atoms with Crippen LogP contribution in [0.1, 0.15) is 22.3 Å². The molecule has 0 aliphatic carbocycles. The quantitative estimate of drug-likeness (QED) is 0.443. The van der Waals surface area contributed by atoms with Gasteiger partial charge in [0.05, 0.1) is 12.4 Å². The van der Waals surface area contributed by atoms with E-state index in [2.05, 4.69) is 15.5 Å². The fourth-order valence-corrected chi connectivity index (χ4v) is 3.42. The summed E-state index contributed by atoms with van der Waals surface area (Å²) in [5, 5.41) is 10.5. The predicted molar refractivity (Wildman–Crippen MR) is 113 cm³/mol. The number of hydrogen-bond donors (Lipinski definition) is 1. The molecule has 0 spiro atoms. The first-order chi connectivity index (χ1) is 13.7. The molecule has 0 aromatic heterocycles. The van der Waals surface area contributed by atoms with Crippen LogP contribution in [0.5, 0.6) is 5.75 Å². The van der Waals surface area contributed by atoms with Crippen molar-refractivity contribution < 1.29 is 14.3 Å². The van der Waals surface area contributed by atoms with E-state index >= 15 is 0 Å². The number of nitrogens with one attached hydrogen (secondary N) is 1. The molecule has 2 aromatic carbocycles. The average Bonchev–Trinajstić information content (AvgIpc) is 3.07. The molecule has 0 saturated carbocycles. The average molecular weight is 393 g/mol. The molecule has 28 heavy (non-hydrogen) atoms. The summed E-state index contributed by atoms with van der Waals surface area (Å²) in [5.74, 6) is 0.338. The molecule has 1 aliphatic rings. The summed E-state index contributed by atoms with van der Waals surface area (Å²) >= 11 is 1.21. The number of carbonyl (C=O) groups excluding carboxylic acids is 2. The maximum Gasteiger partial charge on any atom is 0.240 e. The monoisotopic (exact) mass is 393 g/mol. The van der Waals surface area contributed by atoms with Crippen molar-refractivity contribution >= 4 is 40.9 Å². The van der Waals surface area contributed by atoms with Crippen LogP contribution in [0.3, 0.4) is 0 Å². The number of carbonyl (C=O) groups is 2. The molecule has 7 heteroatoms. The number of rotatable bonds is 7. The number of amidine groups is 1. The van der Waals surface area contributed by atoms with Crippen LogP contribution in [-0.2, 0) is 4.79 Å². The lowest BCUT2D eigenvalue weighted by Crippen LogP contribution is -2.26. The lowest BCUT2D eigenvalue weighted by Gasteiger charge is -2.05. The maximum absolute atomic E-state index is 12.4. The fourth-order valence-electron chi connectivity index (χ4n) is 2.49. The van der Waals surface area contributed by atoms with E-state index < -0.39 is 5.25 Å². The van der Waals surface area contributed by atoms with Crippen molar-refractivity contribution in [2.75, 3.05) is 7.11 Å². The van der Waals surface area contributed by atoms with E-state index in [0.717, 1.165) is 5.56 Å². The summed E-state index contributed by atoms with van der Waals surface area (Å²) in [6.07, 6.45) is 5.31. The highest BCUT2D eigenvalue weighted by atomic mass is 32.2. The normalized spacial score (nSPS) is 18.1. The minimum absolute atomic E-state index is 0.0967. The number of benzene rings is 2. The van der Waals surface area contributed by atoms with Gasteiger partial charge in [0, 0.05) is 18.2 Å². The summed E-state index contributed by atoms with van der Waals surface area (Å²) < 4.78 is 5.08. The van der Waals surface area contributed by atoms with E-state index in [1.54, 1.807) is 43.7 Å². The molecule has 6 nitrogen and oxygen atoms in total. The summed E-state index contributed by atoms with van der Waals surface area (Å²) in [5.41, 5.74) is 1.60. The molecule has 142 valence electrons. The summed E-state index contributed by atoms with van der Waals surface area (Å²) in [6.45, 7) is 0. The second kappa shape index (κ2) is 9.66. The van der Waals surface area contributed by atoms with Crippen molar-refractivity contribution in [1.82, 2.24) is 5.32 Å². The van der Waals surface area contributed by atoms with Crippen molar-refractivity contribution in [1.29, 1.82) is 0 Å². The van der Waals surface area contributed by atoms with Gasteiger partial charge in [-0.15, -0.1) is 5.10 Å². The number of hydrogen-bond acceptors (Lipinski definition) is 6. The Morgan fingerprint density at radius 1 is 1.18 bits per heavy atom. The number of Topliss-reactive ketones (excluding diaryl/α,β-unsaturated/α-hetero) is 1. The summed E-state index contributed by atoms with van der Waals surface area (Å²) in [6, 6.07) is 16.6. The van der Waals surface area contributed by atoms with E-state index in [-0.39, 0.29) is 18.1 Å². The van der Waals surface area contributed by atoms with Crippen LogP contribution >= 0.6 is 11.8 Å². The van der Waals surface area contributed by atoms with Crippen molar-refractivity contribution in [3.8, 4) is 5.75 Å².